The fourth-order valence-corrected chi connectivity index (χ4v) is 7.10. The van der Waals surface area contributed by atoms with Gasteiger partial charge in [0, 0.05) is 49.9 Å². The fraction of sp³-hybridized carbons (Fsp3) is 0.394. The molecule has 4 atom stereocenters. The van der Waals surface area contributed by atoms with Crippen molar-refractivity contribution in [1.82, 2.24) is 10.2 Å². The Bertz CT molecular complexity index is 1710. The van der Waals surface area contributed by atoms with Gasteiger partial charge in [0.15, 0.2) is 11.4 Å². The molecule has 3 aliphatic carbocycles. The number of ether oxygens (including phenoxy) is 1. The number of benzene rings is 2. The van der Waals surface area contributed by atoms with Crippen molar-refractivity contribution < 1.29 is 44.3 Å². The van der Waals surface area contributed by atoms with Crippen molar-refractivity contribution in [2.75, 3.05) is 40.2 Å². The van der Waals surface area contributed by atoms with E-state index < -0.39 is 64.0 Å². The molecule has 0 bridgehead atoms. The number of rotatable bonds is 8. The Morgan fingerprint density at radius 1 is 1.07 bits per heavy atom. The average Bonchev–Trinajstić information content (AvgIpc) is 2.99. The number of nitrogens with one attached hydrogen (secondary N) is 1. The van der Waals surface area contributed by atoms with E-state index in [1.54, 1.807) is 44.4 Å². The first-order valence-corrected chi connectivity index (χ1v) is 14.7. The Labute approximate surface area is 265 Å². The second-order valence-corrected chi connectivity index (χ2v) is 12.4. The summed E-state index contributed by atoms with van der Waals surface area (Å²) in [5, 5.41) is 49.3. The number of phenols is 1. The highest BCUT2D eigenvalue weighted by Crippen LogP contribution is 2.54. The Hall–Kier alpha value is -4.72. The topological polar surface area (TPSA) is 203 Å². The van der Waals surface area contributed by atoms with Gasteiger partial charge in [-0.05, 0) is 62.2 Å². The van der Waals surface area contributed by atoms with Gasteiger partial charge in [-0.3, -0.25) is 19.3 Å². The molecule has 0 radical (unpaired) electrons. The Balaban J connectivity index is 1.55. The van der Waals surface area contributed by atoms with Gasteiger partial charge >= 0.3 is 5.97 Å². The Kier molecular flexibility index (Phi) is 8.45. The second kappa shape index (κ2) is 11.9. The molecular weight excluding hydrogens is 596 g/mol. The van der Waals surface area contributed by atoms with Crippen molar-refractivity contribution in [2.45, 2.75) is 37.6 Å². The first kappa shape index (κ1) is 32.7. The van der Waals surface area contributed by atoms with E-state index in [9.17, 15) is 39.6 Å². The largest absolute Gasteiger partial charge is 0.508 e. The molecule has 0 heterocycles. The number of amides is 1. The van der Waals surface area contributed by atoms with E-state index in [0.29, 0.717) is 28.9 Å². The van der Waals surface area contributed by atoms with Crippen LogP contribution < -0.4 is 16.0 Å². The van der Waals surface area contributed by atoms with Crippen LogP contribution in [0.15, 0.2) is 47.2 Å². The number of aliphatic hydroxyl groups is 3. The first-order chi connectivity index (χ1) is 21.6. The molecule has 1 saturated carbocycles. The number of nitrogens with two attached hydrogens (primary N) is 1. The standard InChI is InChI=1S/C33H38N4O9/c1-36(2)21-12-18(14-35-13-15-6-8-16(9-7-15)32(44)46-5)26(38)23-19(21)10-17-11-20-25(37(3)4)28(40)24(31(34)43)30(42)33(20,45)29(41)22(17)27(23)39/h6-9,12,17,20,25,35,38-39,42,45H,10-11,13-14H2,1-5H3,(H2,34,43). The SMILES string of the molecule is COC(=O)c1ccc(CNCc2cc(N(C)C)c3c(c2O)C(O)=C2C(=O)C4(O)C(O)=C(C(N)=O)C(=O)C(N(C)C)C4CC2C3)cc1. The molecule has 13 heteroatoms. The van der Waals surface area contributed by atoms with E-state index in [0.717, 1.165) is 5.56 Å². The molecule has 4 unspecified atom stereocenters. The van der Waals surface area contributed by atoms with Gasteiger partial charge < -0.3 is 41.1 Å². The molecule has 0 aliphatic heterocycles. The number of hydrogen-bond donors (Lipinski definition) is 6. The molecule has 0 spiro atoms. The summed E-state index contributed by atoms with van der Waals surface area (Å²) in [6.45, 7) is 0.555. The van der Waals surface area contributed by atoms with Crippen molar-refractivity contribution in [3.05, 3.63) is 75.1 Å². The van der Waals surface area contributed by atoms with Crippen LogP contribution in [0, 0.1) is 11.8 Å². The van der Waals surface area contributed by atoms with Crippen molar-refractivity contribution in [3.63, 3.8) is 0 Å². The summed E-state index contributed by atoms with van der Waals surface area (Å²) in [6.07, 6.45) is 0.202. The van der Waals surface area contributed by atoms with E-state index in [-0.39, 0.29) is 36.3 Å². The summed E-state index contributed by atoms with van der Waals surface area (Å²) in [5.41, 5.74) is 4.64. The normalized spacial score (nSPS) is 24.0. The van der Waals surface area contributed by atoms with Gasteiger partial charge in [-0.2, -0.15) is 0 Å². The summed E-state index contributed by atoms with van der Waals surface area (Å²) in [4.78, 5) is 54.7. The Morgan fingerprint density at radius 2 is 1.72 bits per heavy atom. The number of fused-ring (bicyclic) bond motifs is 3. The molecule has 3 aliphatic rings. The zero-order valence-corrected chi connectivity index (χ0v) is 26.2. The lowest BCUT2D eigenvalue weighted by Gasteiger charge is -2.50. The lowest BCUT2D eigenvalue weighted by molar-refractivity contribution is -0.153. The summed E-state index contributed by atoms with van der Waals surface area (Å²) in [6, 6.07) is 7.48. The number of anilines is 1. The zero-order chi connectivity index (χ0) is 33.8. The van der Waals surface area contributed by atoms with Crippen molar-refractivity contribution >= 4 is 34.9 Å². The highest BCUT2D eigenvalue weighted by atomic mass is 16.5. The summed E-state index contributed by atoms with van der Waals surface area (Å²) >= 11 is 0. The van der Waals surface area contributed by atoms with Gasteiger partial charge in [0.25, 0.3) is 5.91 Å². The number of hydrogen-bond acceptors (Lipinski definition) is 12. The molecule has 5 rings (SSSR count). The minimum absolute atomic E-state index is 0.0114. The molecule has 13 nitrogen and oxygen atoms in total. The fourth-order valence-electron chi connectivity index (χ4n) is 7.10. The van der Waals surface area contributed by atoms with E-state index in [4.69, 9.17) is 10.5 Å². The van der Waals surface area contributed by atoms with Crippen molar-refractivity contribution in [3.8, 4) is 5.75 Å². The minimum Gasteiger partial charge on any atom is -0.508 e. The van der Waals surface area contributed by atoms with E-state index >= 15 is 0 Å². The number of likely N-dealkylation sites (N-methyl/N-ethyl adjacent to an activating group) is 1. The Morgan fingerprint density at radius 3 is 2.28 bits per heavy atom. The number of carbonyl (C=O) groups is 4. The predicted octanol–water partition coefficient (Wildman–Crippen LogP) is 1.11. The number of aliphatic hydroxyl groups excluding tert-OH is 2. The first-order valence-electron chi connectivity index (χ1n) is 14.7. The maximum atomic E-state index is 14.1. The van der Waals surface area contributed by atoms with Gasteiger partial charge in [0.05, 0.1) is 24.3 Å². The smallest absolute Gasteiger partial charge is 0.337 e. The third-order valence-electron chi connectivity index (χ3n) is 9.28. The van der Waals surface area contributed by atoms with Gasteiger partial charge in [-0.15, -0.1) is 0 Å². The number of carbonyl (C=O) groups excluding carboxylic acids is 4. The molecular formula is C33H38N4O9. The van der Waals surface area contributed by atoms with Crippen molar-refractivity contribution in [2.24, 2.45) is 17.6 Å². The molecule has 7 N–H and O–H groups in total. The van der Waals surface area contributed by atoms with Gasteiger partial charge in [0.1, 0.15) is 22.8 Å². The monoisotopic (exact) mass is 634 g/mol. The van der Waals surface area contributed by atoms with Crippen LogP contribution in [0.2, 0.25) is 0 Å². The number of esters is 1. The molecule has 46 heavy (non-hydrogen) atoms. The lowest BCUT2D eigenvalue weighted by atomic mass is 9.57. The number of methoxy groups -OCH3 is 1. The van der Waals surface area contributed by atoms with Crippen molar-refractivity contribution in [1.29, 1.82) is 0 Å². The number of phenolic OH excluding ortho intramolecular Hbond substituents is 1. The van der Waals surface area contributed by atoms with Gasteiger partial charge in [-0.25, -0.2) is 4.79 Å². The zero-order valence-electron chi connectivity index (χ0n) is 26.2. The van der Waals surface area contributed by atoms with E-state index in [1.165, 1.54) is 12.0 Å². The maximum absolute atomic E-state index is 14.1. The van der Waals surface area contributed by atoms with Crippen LogP contribution in [-0.2, 0) is 38.6 Å². The molecule has 0 saturated heterocycles. The quantitative estimate of drug-likeness (QED) is 0.179. The van der Waals surface area contributed by atoms with Gasteiger partial charge in [0.2, 0.25) is 5.78 Å². The number of Topliss-reactive ketones (excluding diaryl/α,β-unsaturated/α-hetero) is 2. The number of aromatic hydroxyl groups is 1. The second-order valence-electron chi connectivity index (χ2n) is 12.4. The molecule has 1 amide bonds. The highest BCUT2D eigenvalue weighted by molar-refractivity contribution is 6.24. The van der Waals surface area contributed by atoms with Crippen LogP contribution in [-0.4, -0.2) is 95.7 Å². The maximum Gasteiger partial charge on any atom is 0.337 e. The van der Waals surface area contributed by atoms with Crippen LogP contribution in [0.5, 0.6) is 5.75 Å². The molecule has 0 aromatic heterocycles. The summed E-state index contributed by atoms with van der Waals surface area (Å²) < 4.78 is 4.73. The van der Waals surface area contributed by atoms with E-state index in [2.05, 4.69) is 5.32 Å². The third kappa shape index (κ3) is 5.00. The van der Waals surface area contributed by atoms with Crippen LogP contribution in [0.25, 0.3) is 5.76 Å². The van der Waals surface area contributed by atoms with Crippen LogP contribution >= 0.6 is 0 Å². The predicted molar refractivity (Wildman–Crippen MR) is 167 cm³/mol. The van der Waals surface area contributed by atoms with Crippen LogP contribution in [0.1, 0.15) is 39.0 Å². The number of primary amides is 1. The van der Waals surface area contributed by atoms with Crippen LogP contribution in [0.4, 0.5) is 5.69 Å². The van der Waals surface area contributed by atoms with E-state index in [1.807, 2.05) is 19.0 Å². The minimum atomic E-state index is -2.70. The lowest BCUT2D eigenvalue weighted by Crippen LogP contribution is -2.65. The molecule has 1 fully saturated rings. The summed E-state index contributed by atoms with van der Waals surface area (Å²) in [7, 11) is 8.04. The van der Waals surface area contributed by atoms with Crippen LogP contribution in [0.3, 0.4) is 0 Å². The summed E-state index contributed by atoms with van der Waals surface area (Å²) in [5.74, 6) is -7.33. The number of ketones is 2. The van der Waals surface area contributed by atoms with Gasteiger partial charge in [-0.1, -0.05) is 12.1 Å². The third-order valence-corrected chi connectivity index (χ3v) is 9.28. The molecule has 2 aromatic rings. The molecule has 2 aromatic carbocycles. The number of nitrogens with zero attached hydrogens (tertiary/aromatic N) is 2. The average molecular weight is 635 g/mol. The highest BCUT2D eigenvalue weighted by Gasteiger charge is 2.64. The molecule has 244 valence electrons.